The zero-order valence-electron chi connectivity index (χ0n) is 29.4. The summed E-state index contributed by atoms with van der Waals surface area (Å²) in [6, 6.07) is 23.5. The van der Waals surface area contributed by atoms with Crippen molar-refractivity contribution in [1.82, 2.24) is 4.90 Å². The number of esters is 1. The van der Waals surface area contributed by atoms with Gasteiger partial charge in [-0.3, -0.25) is 15.0 Å². The Labute approximate surface area is 307 Å². The van der Waals surface area contributed by atoms with Crippen LogP contribution in [0, 0.1) is 16.0 Å². The minimum Gasteiger partial charge on any atom is -0.489 e. The van der Waals surface area contributed by atoms with Crippen LogP contribution in [0.25, 0.3) is 0 Å². The summed E-state index contributed by atoms with van der Waals surface area (Å²) in [5, 5.41) is 12.3. The summed E-state index contributed by atoms with van der Waals surface area (Å²) in [6.45, 7) is 9.08. The van der Waals surface area contributed by atoms with Gasteiger partial charge >= 0.3 is 12.1 Å². The largest absolute Gasteiger partial charge is 0.489 e. The zero-order valence-corrected chi connectivity index (χ0v) is 31.0. The average molecular weight is 735 g/mol. The first-order valence-corrected chi connectivity index (χ1v) is 17.9. The maximum atomic E-state index is 13.8. The lowest BCUT2D eigenvalue weighted by atomic mass is 9.86. The highest BCUT2D eigenvalue weighted by atomic mass is 35.5. The Bertz CT molecular complexity index is 1810. The fourth-order valence-electron chi connectivity index (χ4n) is 6.14. The number of hydrogen-bond donors (Lipinski definition) is 0. The molecule has 1 saturated heterocycles. The third-order valence-corrected chi connectivity index (χ3v) is 10.0. The van der Waals surface area contributed by atoms with Crippen LogP contribution in [0.2, 0.25) is 0 Å². The number of carbonyl (C=O) groups excluding carboxylic acids is 2. The van der Waals surface area contributed by atoms with E-state index in [1.165, 1.54) is 29.2 Å². The molecule has 0 bridgehead atoms. The maximum Gasteiger partial charge on any atom is 0.413 e. The van der Waals surface area contributed by atoms with Gasteiger partial charge in [0.25, 0.3) is 5.69 Å². The van der Waals surface area contributed by atoms with Crippen molar-refractivity contribution in [1.29, 1.82) is 0 Å². The molecule has 1 heterocycles. The second kappa shape index (κ2) is 15.9. The monoisotopic (exact) mass is 734 g/mol. The highest BCUT2D eigenvalue weighted by Crippen LogP contribution is 2.44. The number of thioether (sulfide) groups is 1. The van der Waals surface area contributed by atoms with Crippen molar-refractivity contribution in [2.75, 3.05) is 13.2 Å². The van der Waals surface area contributed by atoms with E-state index in [0.29, 0.717) is 30.9 Å². The van der Waals surface area contributed by atoms with Gasteiger partial charge in [-0.1, -0.05) is 78.0 Å². The van der Waals surface area contributed by atoms with Crippen LogP contribution < -0.4 is 4.74 Å². The van der Waals surface area contributed by atoms with Crippen molar-refractivity contribution in [2.45, 2.75) is 82.2 Å². The van der Waals surface area contributed by atoms with Crippen molar-refractivity contribution in [3.8, 4) is 5.75 Å². The molecule has 1 aliphatic heterocycles. The summed E-state index contributed by atoms with van der Waals surface area (Å²) in [4.78, 5) is 41.5. The summed E-state index contributed by atoms with van der Waals surface area (Å²) in [5.41, 5.74) is -2.49. The molecule has 1 fully saturated rings. The number of allylic oxidation sites excluding steroid dienone is 3. The van der Waals surface area contributed by atoms with Gasteiger partial charge in [0, 0.05) is 20.9 Å². The van der Waals surface area contributed by atoms with E-state index >= 15 is 0 Å². The standard InChI is InChI=1S/C39H43ClN2O8S/c1-37(2,3)50-36(44)41-38(4,5)49-26-39(41,25-48-35(43)32-16-9-10-17-34(32)42(45)46)21-20-28-18-19-31(23-33(28)40)51-30-15-11-14-29(22-30)47-24-27-12-7-6-8-13-27/h6-17,19,22-23,28H,18,20-21,24-26H2,1-5H3/t28-,39?/m1/s1. The molecule has 1 aliphatic carbocycles. The van der Waals surface area contributed by atoms with Gasteiger partial charge in [-0.25, -0.2) is 9.59 Å². The fraction of sp³-hybridized carbons (Fsp3) is 0.385. The molecule has 270 valence electrons. The second-order valence-corrected chi connectivity index (χ2v) is 15.7. The molecule has 3 aromatic rings. The number of nitro benzene ring substituents is 1. The molecule has 1 unspecified atom stereocenters. The summed E-state index contributed by atoms with van der Waals surface area (Å²) in [6.07, 6.45) is 5.02. The van der Waals surface area contributed by atoms with Gasteiger partial charge in [0.1, 0.15) is 41.4 Å². The number of benzene rings is 3. The summed E-state index contributed by atoms with van der Waals surface area (Å²) >= 11 is 8.51. The molecule has 10 nitrogen and oxygen atoms in total. The number of nitrogens with zero attached hydrogens (tertiary/aromatic N) is 2. The van der Waals surface area contributed by atoms with Gasteiger partial charge in [-0.05, 0) is 95.7 Å². The lowest BCUT2D eigenvalue weighted by molar-refractivity contribution is -0.385. The maximum absolute atomic E-state index is 13.8. The molecule has 0 saturated carbocycles. The number of nitro groups is 1. The Morgan fingerprint density at radius 3 is 2.49 bits per heavy atom. The molecule has 5 rings (SSSR count). The Hall–Kier alpha value is -4.32. The number of carbonyl (C=O) groups is 2. The lowest BCUT2D eigenvalue weighted by Crippen LogP contribution is -2.59. The second-order valence-electron chi connectivity index (χ2n) is 14.1. The number of halogens is 1. The molecule has 51 heavy (non-hydrogen) atoms. The Kier molecular flexibility index (Phi) is 11.8. The van der Waals surface area contributed by atoms with Crippen LogP contribution in [0.4, 0.5) is 10.5 Å². The van der Waals surface area contributed by atoms with E-state index in [1.54, 1.807) is 46.4 Å². The van der Waals surface area contributed by atoms with Crippen LogP contribution in [-0.2, 0) is 20.8 Å². The van der Waals surface area contributed by atoms with E-state index in [1.807, 2.05) is 60.7 Å². The third-order valence-electron chi connectivity index (χ3n) is 8.60. The Morgan fingerprint density at radius 1 is 1.06 bits per heavy atom. The van der Waals surface area contributed by atoms with Gasteiger partial charge in [-0.15, -0.1) is 0 Å². The molecule has 2 atom stereocenters. The van der Waals surface area contributed by atoms with Crippen molar-refractivity contribution >= 4 is 41.1 Å². The summed E-state index contributed by atoms with van der Waals surface area (Å²) in [5.74, 6) is -0.161. The van der Waals surface area contributed by atoms with Crippen LogP contribution in [-0.4, -0.2) is 52.0 Å². The Morgan fingerprint density at radius 2 is 1.78 bits per heavy atom. The number of amides is 1. The molecule has 0 radical (unpaired) electrons. The van der Waals surface area contributed by atoms with Crippen LogP contribution in [0.15, 0.2) is 106 Å². The summed E-state index contributed by atoms with van der Waals surface area (Å²) < 4.78 is 23.7. The van der Waals surface area contributed by atoms with Crippen molar-refractivity contribution in [3.63, 3.8) is 0 Å². The van der Waals surface area contributed by atoms with Gasteiger partial charge in [-0.2, -0.15) is 0 Å². The normalized spacial score (nSPS) is 19.9. The number of rotatable bonds is 12. The minimum absolute atomic E-state index is 0.0527. The molecule has 0 spiro atoms. The lowest BCUT2D eigenvalue weighted by Gasteiger charge is -2.42. The van der Waals surface area contributed by atoms with E-state index < -0.39 is 33.9 Å². The first-order valence-electron chi connectivity index (χ1n) is 16.8. The number of hydrogen-bond acceptors (Lipinski definition) is 9. The van der Waals surface area contributed by atoms with Crippen LogP contribution in [0.3, 0.4) is 0 Å². The van der Waals surface area contributed by atoms with Crippen LogP contribution >= 0.6 is 23.4 Å². The first kappa shape index (κ1) is 37.9. The highest BCUT2D eigenvalue weighted by Gasteiger charge is 2.56. The topological polar surface area (TPSA) is 117 Å². The minimum atomic E-state index is -1.14. The van der Waals surface area contributed by atoms with E-state index in [-0.39, 0.29) is 30.4 Å². The molecule has 12 heteroatoms. The van der Waals surface area contributed by atoms with Crippen molar-refractivity contribution < 1.29 is 33.5 Å². The third kappa shape index (κ3) is 9.72. The fourth-order valence-corrected chi connectivity index (χ4v) is 7.48. The van der Waals surface area contributed by atoms with Crippen LogP contribution in [0.5, 0.6) is 5.75 Å². The van der Waals surface area contributed by atoms with E-state index in [4.69, 9.17) is 30.5 Å². The average Bonchev–Trinajstić information content (AvgIpc) is 3.35. The molecule has 0 aromatic heterocycles. The van der Waals surface area contributed by atoms with E-state index in [9.17, 15) is 19.7 Å². The Balaban J connectivity index is 1.30. The predicted octanol–water partition coefficient (Wildman–Crippen LogP) is 9.67. The first-order chi connectivity index (χ1) is 24.2. The molecular weight excluding hydrogens is 692 g/mol. The van der Waals surface area contributed by atoms with Gasteiger partial charge in [0.15, 0.2) is 0 Å². The molecule has 2 aliphatic rings. The van der Waals surface area contributed by atoms with Gasteiger partial charge in [0.05, 0.1) is 11.5 Å². The highest BCUT2D eigenvalue weighted by molar-refractivity contribution is 8.03. The van der Waals surface area contributed by atoms with Gasteiger partial charge < -0.3 is 18.9 Å². The SMILES string of the molecule is CC(C)(C)OC(=O)N1C(CC[C@H]2CC=C(Sc3cccc(OCc4ccccc4)c3)C=C2Cl)(COC(=O)c2ccccc2[N+](=O)[O-])COC1(C)C. The van der Waals surface area contributed by atoms with Crippen LogP contribution in [0.1, 0.15) is 69.8 Å². The zero-order chi connectivity index (χ0) is 36.8. The number of para-hydroxylation sites is 1. The smallest absolute Gasteiger partial charge is 0.413 e. The molecule has 0 N–H and O–H groups in total. The van der Waals surface area contributed by atoms with Crippen molar-refractivity contribution in [3.05, 3.63) is 122 Å². The van der Waals surface area contributed by atoms with Gasteiger partial charge in [0.2, 0.25) is 0 Å². The molecular formula is C39H43ClN2O8S. The molecule has 3 aromatic carbocycles. The molecule has 1 amide bonds. The van der Waals surface area contributed by atoms with E-state index in [0.717, 1.165) is 21.1 Å². The number of ether oxygens (including phenoxy) is 4. The van der Waals surface area contributed by atoms with Crippen molar-refractivity contribution in [2.24, 2.45) is 5.92 Å². The van der Waals surface area contributed by atoms with E-state index in [2.05, 4.69) is 6.08 Å². The summed E-state index contributed by atoms with van der Waals surface area (Å²) in [7, 11) is 0. The predicted molar refractivity (Wildman–Crippen MR) is 197 cm³/mol. The quantitative estimate of drug-likeness (QED) is 0.102.